The van der Waals surface area contributed by atoms with Gasteiger partial charge in [-0.15, -0.1) is 0 Å². The van der Waals surface area contributed by atoms with E-state index in [2.05, 4.69) is 6.58 Å². The normalized spacial score (nSPS) is 9.38. The fourth-order valence-electron chi connectivity index (χ4n) is 1.11. The van der Waals surface area contributed by atoms with E-state index in [1.54, 1.807) is 4.90 Å². The van der Waals surface area contributed by atoms with Gasteiger partial charge in [0.2, 0.25) is 0 Å². The highest BCUT2D eigenvalue weighted by Gasteiger charge is 2.13. The minimum Gasteiger partial charge on any atom is -0.337 e. The molecule has 1 N–H and O–H groups in total. The maximum atomic E-state index is 11.5. The first-order chi connectivity index (χ1) is 6.17. The Morgan fingerprint density at radius 3 is 2.15 bits per heavy atom. The largest absolute Gasteiger partial charge is 0.337 e. The monoisotopic (exact) mass is 182 g/mol. The average molecular weight is 182 g/mol. The Hall–Kier alpha value is -1.12. The van der Waals surface area contributed by atoms with Crippen molar-refractivity contribution in [3.8, 4) is 0 Å². The Kier molecular flexibility index (Phi) is 5.85. The molecule has 0 aromatic carbocycles. The molecule has 0 aliphatic rings. The van der Waals surface area contributed by atoms with E-state index in [0.717, 1.165) is 25.9 Å². The molecule has 0 rings (SSSR count). The zero-order valence-corrected chi connectivity index (χ0v) is 8.47. The van der Waals surface area contributed by atoms with Crippen LogP contribution in [0.15, 0.2) is 12.7 Å². The Morgan fingerprint density at radius 1 is 1.38 bits per heavy atom. The third kappa shape index (κ3) is 3.87. The summed E-state index contributed by atoms with van der Waals surface area (Å²) in [6.07, 6.45) is 3.15. The predicted octanol–water partition coefficient (Wildman–Crippen LogP) is 1.84. The van der Waals surface area contributed by atoms with Gasteiger partial charge < -0.3 is 4.90 Å². The standard InChI is InChI=1S/C10H18N2O/c1-4-7-12(8-5-2)10(13)9(11)6-3/h6,11H,3-5,7-8H2,1-2H3. The van der Waals surface area contributed by atoms with Crippen LogP contribution < -0.4 is 0 Å². The van der Waals surface area contributed by atoms with Gasteiger partial charge in [0.25, 0.3) is 5.91 Å². The van der Waals surface area contributed by atoms with Crippen molar-refractivity contribution in [2.24, 2.45) is 0 Å². The summed E-state index contributed by atoms with van der Waals surface area (Å²) in [5, 5.41) is 7.32. The molecule has 0 radical (unpaired) electrons. The molecule has 0 heterocycles. The zero-order valence-electron chi connectivity index (χ0n) is 8.47. The second-order valence-corrected chi connectivity index (χ2v) is 2.91. The summed E-state index contributed by atoms with van der Waals surface area (Å²) in [6.45, 7) is 8.91. The topological polar surface area (TPSA) is 44.2 Å². The molecule has 0 aromatic rings. The van der Waals surface area contributed by atoms with Crippen LogP contribution in [0.2, 0.25) is 0 Å². The Labute approximate surface area is 79.9 Å². The highest BCUT2D eigenvalue weighted by atomic mass is 16.2. The van der Waals surface area contributed by atoms with Gasteiger partial charge in [0.1, 0.15) is 5.71 Å². The van der Waals surface area contributed by atoms with Crippen molar-refractivity contribution in [2.45, 2.75) is 26.7 Å². The van der Waals surface area contributed by atoms with E-state index in [1.807, 2.05) is 13.8 Å². The second kappa shape index (κ2) is 6.40. The van der Waals surface area contributed by atoms with E-state index in [0.29, 0.717) is 0 Å². The van der Waals surface area contributed by atoms with Crippen LogP contribution in [0.4, 0.5) is 0 Å². The lowest BCUT2D eigenvalue weighted by molar-refractivity contribution is -0.124. The van der Waals surface area contributed by atoms with Crippen LogP contribution in [0.25, 0.3) is 0 Å². The van der Waals surface area contributed by atoms with Crippen LogP contribution in [-0.4, -0.2) is 29.6 Å². The minimum absolute atomic E-state index is 0.0121. The smallest absolute Gasteiger partial charge is 0.271 e. The second-order valence-electron chi connectivity index (χ2n) is 2.91. The van der Waals surface area contributed by atoms with E-state index in [1.165, 1.54) is 6.08 Å². The molecule has 0 bridgehead atoms. The molecule has 0 saturated heterocycles. The molecule has 0 saturated carbocycles. The number of nitrogens with zero attached hydrogens (tertiary/aromatic N) is 1. The molecule has 0 aliphatic carbocycles. The van der Waals surface area contributed by atoms with E-state index in [4.69, 9.17) is 5.41 Å². The number of carbonyl (C=O) groups is 1. The van der Waals surface area contributed by atoms with Crippen molar-refractivity contribution in [3.63, 3.8) is 0 Å². The molecule has 13 heavy (non-hydrogen) atoms. The maximum Gasteiger partial charge on any atom is 0.271 e. The molecule has 1 amide bonds. The first-order valence-electron chi connectivity index (χ1n) is 4.67. The molecule has 0 fully saturated rings. The number of hydrogen-bond donors (Lipinski definition) is 1. The molecule has 0 atom stereocenters. The van der Waals surface area contributed by atoms with Crippen molar-refractivity contribution >= 4 is 11.6 Å². The minimum atomic E-state index is -0.210. The number of nitrogens with one attached hydrogen (secondary N) is 1. The van der Waals surface area contributed by atoms with Gasteiger partial charge in [-0.2, -0.15) is 0 Å². The molecule has 3 nitrogen and oxygen atoms in total. The SMILES string of the molecule is C=CC(=N)C(=O)N(CCC)CCC. The number of rotatable bonds is 6. The fourth-order valence-corrected chi connectivity index (χ4v) is 1.11. The summed E-state index contributed by atoms with van der Waals surface area (Å²) in [4.78, 5) is 13.2. The summed E-state index contributed by atoms with van der Waals surface area (Å²) in [6, 6.07) is 0. The summed E-state index contributed by atoms with van der Waals surface area (Å²) in [5.41, 5.74) is -0.0121. The van der Waals surface area contributed by atoms with Crippen LogP contribution in [0.3, 0.4) is 0 Å². The zero-order chi connectivity index (χ0) is 10.3. The third-order valence-corrected chi connectivity index (χ3v) is 1.71. The van der Waals surface area contributed by atoms with Gasteiger partial charge in [-0.25, -0.2) is 0 Å². The fraction of sp³-hybridized carbons (Fsp3) is 0.600. The lowest BCUT2D eigenvalue weighted by atomic mass is 10.2. The summed E-state index contributed by atoms with van der Waals surface area (Å²) >= 11 is 0. The van der Waals surface area contributed by atoms with Gasteiger partial charge in [0, 0.05) is 13.1 Å². The summed E-state index contributed by atoms with van der Waals surface area (Å²) in [7, 11) is 0. The third-order valence-electron chi connectivity index (χ3n) is 1.71. The lowest BCUT2D eigenvalue weighted by Gasteiger charge is -2.20. The van der Waals surface area contributed by atoms with Crippen molar-refractivity contribution in [1.82, 2.24) is 4.90 Å². The van der Waals surface area contributed by atoms with Crippen LogP contribution in [0.5, 0.6) is 0 Å². The average Bonchev–Trinajstić information content (AvgIpc) is 2.15. The van der Waals surface area contributed by atoms with Crippen LogP contribution in [0.1, 0.15) is 26.7 Å². The Morgan fingerprint density at radius 2 is 1.85 bits per heavy atom. The van der Waals surface area contributed by atoms with E-state index in [-0.39, 0.29) is 11.6 Å². The molecule has 0 aliphatic heterocycles. The van der Waals surface area contributed by atoms with Crippen molar-refractivity contribution in [2.75, 3.05) is 13.1 Å². The summed E-state index contributed by atoms with van der Waals surface area (Å²) in [5.74, 6) is -0.210. The number of amides is 1. The van der Waals surface area contributed by atoms with E-state index in [9.17, 15) is 4.79 Å². The molecule has 0 aromatic heterocycles. The lowest BCUT2D eigenvalue weighted by Crippen LogP contribution is -2.36. The van der Waals surface area contributed by atoms with Gasteiger partial charge in [0.05, 0.1) is 0 Å². The Balaban J connectivity index is 4.26. The molecule has 0 spiro atoms. The molecule has 0 unspecified atom stereocenters. The van der Waals surface area contributed by atoms with Crippen LogP contribution in [0, 0.1) is 5.41 Å². The quantitative estimate of drug-likeness (QED) is 0.626. The van der Waals surface area contributed by atoms with Gasteiger partial charge in [0.15, 0.2) is 0 Å². The highest BCUT2D eigenvalue weighted by Crippen LogP contribution is 1.96. The van der Waals surface area contributed by atoms with E-state index < -0.39 is 0 Å². The maximum absolute atomic E-state index is 11.5. The Bertz CT molecular complexity index is 193. The van der Waals surface area contributed by atoms with Crippen LogP contribution in [-0.2, 0) is 4.79 Å². The van der Waals surface area contributed by atoms with Gasteiger partial charge in [-0.05, 0) is 18.9 Å². The highest BCUT2D eigenvalue weighted by molar-refractivity contribution is 6.41. The molecule has 74 valence electrons. The number of hydrogen-bond acceptors (Lipinski definition) is 2. The first-order valence-corrected chi connectivity index (χ1v) is 4.67. The van der Waals surface area contributed by atoms with Crippen molar-refractivity contribution in [3.05, 3.63) is 12.7 Å². The van der Waals surface area contributed by atoms with E-state index >= 15 is 0 Å². The van der Waals surface area contributed by atoms with Crippen LogP contribution >= 0.6 is 0 Å². The summed E-state index contributed by atoms with van der Waals surface area (Å²) < 4.78 is 0. The van der Waals surface area contributed by atoms with Crippen molar-refractivity contribution in [1.29, 1.82) is 5.41 Å². The van der Waals surface area contributed by atoms with Gasteiger partial charge in [-0.3, -0.25) is 10.2 Å². The predicted molar refractivity (Wildman–Crippen MR) is 55.1 cm³/mol. The number of carbonyl (C=O) groups excluding carboxylic acids is 1. The van der Waals surface area contributed by atoms with Gasteiger partial charge >= 0.3 is 0 Å². The van der Waals surface area contributed by atoms with Crippen molar-refractivity contribution < 1.29 is 4.79 Å². The first kappa shape index (κ1) is 11.9. The molecule has 3 heteroatoms. The van der Waals surface area contributed by atoms with Gasteiger partial charge in [-0.1, -0.05) is 20.4 Å². The molecular weight excluding hydrogens is 164 g/mol. The molecular formula is C10H18N2O.